The van der Waals surface area contributed by atoms with Gasteiger partial charge in [-0.1, -0.05) is 60.2 Å². The standard InChI is InChI=1S/C27H30N4O2/c1-22-10-12-23(13-11-22)20-30-14-16-31(17-15-30)21-27(32)29-28-19-24-6-5-9-26(18-24)33-25-7-3-2-4-8-25/h2-13,18-19H,14-17,20-21H2,1H3,(H,29,32)/b28-19+. The second-order valence-corrected chi connectivity index (χ2v) is 8.32. The Labute approximate surface area is 195 Å². The van der Waals surface area contributed by atoms with Crippen LogP contribution in [0, 0.1) is 6.92 Å². The second-order valence-electron chi connectivity index (χ2n) is 8.32. The predicted molar refractivity (Wildman–Crippen MR) is 132 cm³/mol. The molecule has 0 saturated carbocycles. The first-order chi connectivity index (χ1) is 16.1. The zero-order chi connectivity index (χ0) is 22.9. The molecule has 33 heavy (non-hydrogen) atoms. The van der Waals surface area contributed by atoms with Gasteiger partial charge in [-0.15, -0.1) is 0 Å². The van der Waals surface area contributed by atoms with Crippen LogP contribution in [0.25, 0.3) is 0 Å². The Hall–Kier alpha value is -3.48. The Balaban J connectivity index is 1.19. The molecule has 1 saturated heterocycles. The van der Waals surface area contributed by atoms with Crippen LogP contribution in [0.4, 0.5) is 0 Å². The van der Waals surface area contributed by atoms with Crippen LogP contribution in [-0.4, -0.2) is 54.6 Å². The fourth-order valence-corrected chi connectivity index (χ4v) is 3.76. The first kappa shape index (κ1) is 22.7. The highest BCUT2D eigenvalue weighted by atomic mass is 16.5. The van der Waals surface area contributed by atoms with E-state index in [2.05, 4.69) is 51.5 Å². The minimum absolute atomic E-state index is 0.102. The van der Waals surface area contributed by atoms with E-state index in [9.17, 15) is 4.79 Å². The lowest BCUT2D eigenvalue weighted by Gasteiger charge is -2.34. The minimum atomic E-state index is -0.102. The van der Waals surface area contributed by atoms with Gasteiger partial charge in [0, 0.05) is 32.7 Å². The lowest BCUT2D eigenvalue weighted by atomic mass is 10.1. The summed E-state index contributed by atoms with van der Waals surface area (Å²) in [5.74, 6) is 1.40. The van der Waals surface area contributed by atoms with Gasteiger partial charge in [0.25, 0.3) is 5.91 Å². The Bertz CT molecular complexity index is 1060. The Morgan fingerprint density at radius 3 is 2.36 bits per heavy atom. The molecule has 4 rings (SSSR count). The molecule has 6 nitrogen and oxygen atoms in total. The van der Waals surface area contributed by atoms with Crippen molar-refractivity contribution in [2.24, 2.45) is 5.10 Å². The summed E-state index contributed by atoms with van der Waals surface area (Å²) in [4.78, 5) is 16.9. The van der Waals surface area contributed by atoms with Gasteiger partial charge in [0.1, 0.15) is 11.5 Å². The highest BCUT2D eigenvalue weighted by molar-refractivity contribution is 5.83. The average molecular weight is 443 g/mol. The summed E-state index contributed by atoms with van der Waals surface area (Å²) in [5, 5.41) is 4.12. The summed E-state index contributed by atoms with van der Waals surface area (Å²) in [5.41, 5.74) is 6.11. The van der Waals surface area contributed by atoms with Crippen LogP contribution in [-0.2, 0) is 11.3 Å². The number of piperazine rings is 1. The van der Waals surface area contributed by atoms with E-state index >= 15 is 0 Å². The van der Waals surface area contributed by atoms with Crippen molar-refractivity contribution in [3.63, 3.8) is 0 Å². The molecule has 1 N–H and O–H groups in total. The molecule has 0 spiro atoms. The van der Waals surface area contributed by atoms with Gasteiger partial charge in [0.15, 0.2) is 0 Å². The number of aryl methyl sites for hydroxylation is 1. The van der Waals surface area contributed by atoms with Crippen molar-refractivity contribution < 1.29 is 9.53 Å². The van der Waals surface area contributed by atoms with Crippen molar-refractivity contribution in [1.29, 1.82) is 0 Å². The average Bonchev–Trinajstić information content (AvgIpc) is 2.83. The van der Waals surface area contributed by atoms with Crippen LogP contribution in [0.2, 0.25) is 0 Å². The van der Waals surface area contributed by atoms with Crippen LogP contribution in [0.15, 0.2) is 84.0 Å². The number of ether oxygens (including phenoxy) is 1. The molecule has 0 unspecified atom stereocenters. The smallest absolute Gasteiger partial charge is 0.254 e. The molecule has 0 aromatic heterocycles. The molecular weight excluding hydrogens is 412 g/mol. The third-order valence-corrected chi connectivity index (χ3v) is 5.60. The highest BCUT2D eigenvalue weighted by Crippen LogP contribution is 2.21. The van der Waals surface area contributed by atoms with E-state index in [0.717, 1.165) is 49.8 Å². The number of nitrogens with zero attached hydrogens (tertiary/aromatic N) is 3. The van der Waals surface area contributed by atoms with E-state index < -0.39 is 0 Å². The largest absolute Gasteiger partial charge is 0.457 e. The number of hydrogen-bond acceptors (Lipinski definition) is 5. The molecule has 0 radical (unpaired) electrons. The summed E-state index contributed by atoms with van der Waals surface area (Å²) in [7, 11) is 0. The van der Waals surface area contributed by atoms with Crippen LogP contribution in [0.1, 0.15) is 16.7 Å². The number of hydrazone groups is 1. The molecule has 0 atom stereocenters. The van der Waals surface area contributed by atoms with E-state index in [0.29, 0.717) is 6.54 Å². The topological polar surface area (TPSA) is 57.2 Å². The van der Waals surface area contributed by atoms with Crippen molar-refractivity contribution in [3.05, 3.63) is 95.6 Å². The number of hydrogen-bond donors (Lipinski definition) is 1. The zero-order valence-electron chi connectivity index (χ0n) is 19.0. The summed E-state index contributed by atoms with van der Waals surface area (Å²) < 4.78 is 5.84. The van der Waals surface area contributed by atoms with Gasteiger partial charge >= 0.3 is 0 Å². The Kier molecular flexibility index (Phi) is 7.85. The minimum Gasteiger partial charge on any atom is -0.457 e. The van der Waals surface area contributed by atoms with Crippen molar-refractivity contribution in [2.45, 2.75) is 13.5 Å². The quantitative estimate of drug-likeness (QED) is 0.422. The summed E-state index contributed by atoms with van der Waals surface area (Å²) >= 11 is 0. The molecule has 6 heteroatoms. The van der Waals surface area contributed by atoms with Crippen molar-refractivity contribution >= 4 is 12.1 Å². The molecule has 1 fully saturated rings. The van der Waals surface area contributed by atoms with Crippen molar-refractivity contribution in [2.75, 3.05) is 32.7 Å². The van der Waals surface area contributed by atoms with Gasteiger partial charge in [-0.2, -0.15) is 5.10 Å². The lowest BCUT2D eigenvalue weighted by Crippen LogP contribution is -2.48. The second kappa shape index (κ2) is 11.4. The van der Waals surface area contributed by atoms with Gasteiger partial charge in [-0.05, 0) is 42.3 Å². The number of nitrogens with one attached hydrogen (secondary N) is 1. The summed E-state index contributed by atoms with van der Waals surface area (Å²) in [6.07, 6.45) is 1.63. The first-order valence-electron chi connectivity index (χ1n) is 11.3. The van der Waals surface area contributed by atoms with Gasteiger partial charge in [0.2, 0.25) is 0 Å². The predicted octanol–water partition coefficient (Wildman–Crippen LogP) is 4.06. The number of benzene rings is 3. The monoisotopic (exact) mass is 442 g/mol. The Morgan fingerprint density at radius 1 is 0.909 bits per heavy atom. The normalized spacial score (nSPS) is 14.9. The number of para-hydroxylation sites is 1. The summed E-state index contributed by atoms with van der Waals surface area (Å²) in [6, 6.07) is 25.9. The van der Waals surface area contributed by atoms with Gasteiger partial charge in [-0.3, -0.25) is 14.6 Å². The van der Waals surface area contributed by atoms with E-state index in [-0.39, 0.29) is 5.91 Å². The number of carbonyl (C=O) groups is 1. The van der Waals surface area contributed by atoms with Crippen molar-refractivity contribution in [1.82, 2.24) is 15.2 Å². The maximum absolute atomic E-state index is 12.3. The molecule has 1 aliphatic heterocycles. The SMILES string of the molecule is Cc1ccc(CN2CCN(CC(=O)N/N=C/c3cccc(Oc4ccccc4)c3)CC2)cc1. The Morgan fingerprint density at radius 2 is 1.61 bits per heavy atom. The molecule has 0 bridgehead atoms. The number of rotatable bonds is 8. The van der Waals surface area contributed by atoms with Crippen LogP contribution in [0.5, 0.6) is 11.5 Å². The van der Waals surface area contributed by atoms with Gasteiger partial charge in [-0.25, -0.2) is 5.43 Å². The molecular formula is C27H30N4O2. The zero-order valence-corrected chi connectivity index (χ0v) is 19.0. The van der Waals surface area contributed by atoms with Crippen LogP contribution >= 0.6 is 0 Å². The maximum Gasteiger partial charge on any atom is 0.254 e. The molecule has 0 aliphatic carbocycles. The van der Waals surface area contributed by atoms with Crippen molar-refractivity contribution in [3.8, 4) is 11.5 Å². The maximum atomic E-state index is 12.3. The summed E-state index contributed by atoms with van der Waals surface area (Å²) in [6.45, 7) is 7.08. The lowest BCUT2D eigenvalue weighted by molar-refractivity contribution is -0.122. The molecule has 1 heterocycles. The molecule has 1 aliphatic rings. The van der Waals surface area contributed by atoms with Gasteiger partial charge < -0.3 is 4.74 Å². The fraction of sp³-hybridized carbons (Fsp3) is 0.259. The van der Waals surface area contributed by atoms with E-state index in [4.69, 9.17) is 4.74 Å². The fourth-order valence-electron chi connectivity index (χ4n) is 3.76. The van der Waals surface area contributed by atoms with Crippen LogP contribution in [0.3, 0.4) is 0 Å². The number of amides is 1. The third kappa shape index (κ3) is 7.27. The number of carbonyl (C=O) groups excluding carboxylic acids is 1. The molecule has 3 aromatic rings. The molecule has 3 aromatic carbocycles. The molecule has 1 amide bonds. The third-order valence-electron chi connectivity index (χ3n) is 5.60. The first-order valence-corrected chi connectivity index (χ1v) is 11.3. The van der Waals surface area contributed by atoms with E-state index in [1.54, 1.807) is 6.21 Å². The van der Waals surface area contributed by atoms with E-state index in [1.165, 1.54) is 11.1 Å². The van der Waals surface area contributed by atoms with E-state index in [1.807, 2.05) is 54.6 Å². The molecule has 170 valence electrons. The highest BCUT2D eigenvalue weighted by Gasteiger charge is 2.18. The van der Waals surface area contributed by atoms with Gasteiger partial charge in [0.05, 0.1) is 12.8 Å². The van der Waals surface area contributed by atoms with Crippen LogP contribution < -0.4 is 10.2 Å².